The van der Waals surface area contributed by atoms with Crippen LogP contribution in [0.1, 0.15) is 16.7 Å². The molecule has 0 radical (unpaired) electrons. The zero-order valence-electron chi connectivity index (χ0n) is 10.6. The fraction of sp³-hybridized carbons (Fsp3) is 0.188. The van der Waals surface area contributed by atoms with E-state index >= 15 is 0 Å². The lowest BCUT2D eigenvalue weighted by molar-refractivity contribution is 0.691. The molecule has 0 aliphatic rings. The van der Waals surface area contributed by atoms with Crippen molar-refractivity contribution in [1.29, 1.82) is 0 Å². The zero-order chi connectivity index (χ0) is 13.5. The smallest absolute Gasteiger partial charge is 0.239 e. The second-order valence-electron chi connectivity index (χ2n) is 4.33. The normalized spacial score (nSPS) is 10.1. The summed E-state index contributed by atoms with van der Waals surface area (Å²) in [5.41, 5.74) is 3.54. The Balaban J connectivity index is 1.91. The third-order valence-corrected chi connectivity index (χ3v) is 3.60. The third kappa shape index (κ3) is 4.20. The highest BCUT2D eigenvalue weighted by atomic mass is 79.9. The van der Waals surface area contributed by atoms with Crippen LogP contribution in [0.3, 0.4) is 0 Å². The van der Waals surface area contributed by atoms with Crippen LogP contribution in [0.25, 0.3) is 4.85 Å². The summed E-state index contributed by atoms with van der Waals surface area (Å²) in [6, 6.07) is 16.5. The standard InChI is InChI=1S/C16H15BrN2/c1-18-10-14-7-8-15(16(17)9-14)12-19-11-13-5-3-2-4-6-13/h2-9,19H,10-12H2. The first-order valence-corrected chi connectivity index (χ1v) is 6.94. The number of hydrogen-bond donors (Lipinski definition) is 1. The van der Waals surface area contributed by atoms with Gasteiger partial charge in [-0.25, -0.2) is 6.57 Å². The van der Waals surface area contributed by atoms with E-state index in [4.69, 9.17) is 6.57 Å². The molecule has 19 heavy (non-hydrogen) atoms. The van der Waals surface area contributed by atoms with E-state index in [1.54, 1.807) is 0 Å². The molecular formula is C16H15BrN2. The molecule has 2 aromatic carbocycles. The Bertz CT molecular complexity index is 573. The summed E-state index contributed by atoms with van der Waals surface area (Å²) in [6.07, 6.45) is 0. The fourth-order valence-electron chi connectivity index (χ4n) is 1.86. The Labute approximate surface area is 122 Å². The summed E-state index contributed by atoms with van der Waals surface area (Å²) in [4.78, 5) is 3.39. The van der Waals surface area contributed by atoms with Crippen molar-refractivity contribution in [2.24, 2.45) is 0 Å². The first-order valence-electron chi connectivity index (χ1n) is 6.15. The topological polar surface area (TPSA) is 16.4 Å². The van der Waals surface area contributed by atoms with Gasteiger partial charge in [0.1, 0.15) is 0 Å². The summed E-state index contributed by atoms with van der Waals surface area (Å²) in [5.74, 6) is 0. The third-order valence-electron chi connectivity index (χ3n) is 2.87. The molecule has 0 unspecified atom stereocenters. The van der Waals surface area contributed by atoms with Crippen molar-refractivity contribution in [3.05, 3.63) is 81.1 Å². The van der Waals surface area contributed by atoms with Crippen molar-refractivity contribution in [3.63, 3.8) is 0 Å². The number of benzene rings is 2. The fourth-order valence-corrected chi connectivity index (χ4v) is 2.43. The number of nitrogens with one attached hydrogen (secondary N) is 1. The highest BCUT2D eigenvalue weighted by molar-refractivity contribution is 9.10. The molecule has 0 heterocycles. The Morgan fingerprint density at radius 3 is 2.47 bits per heavy atom. The summed E-state index contributed by atoms with van der Waals surface area (Å²) >= 11 is 3.56. The van der Waals surface area contributed by atoms with Crippen LogP contribution < -0.4 is 5.32 Å². The maximum Gasteiger partial charge on any atom is 0.239 e. The first-order chi connectivity index (χ1) is 9.29. The van der Waals surface area contributed by atoms with Crippen LogP contribution in [0.15, 0.2) is 53.0 Å². The molecule has 0 saturated carbocycles. The molecule has 2 nitrogen and oxygen atoms in total. The molecule has 3 heteroatoms. The monoisotopic (exact) mass is 314 g/mol. The maximum atomic E-state index is 6.87. The van der Waals surface area contributed by atoms with E-state index in [1.165, 1.54) is 11.1 Å². The van der Waals surface area contributed by atoms with Crippen molar-refractivity contribution in [2.75, 3.05) is 0 Å². The highest BCUT2D eigenvalue weighted by Gasteiger charge is 2.03. The minimum Gasteiger partial charge on any atom is -0.312 e. The lowest BCUT2D eigenvalue weighted by Gasteiger charge is -2.07. The first kappa shape index (κ1) is 13.8. The van der Waals surface area contributed by atoms with Gasteiger partial charge in [0.25, 0.3) is 0 Å². The molecule has 0 aliphatic heterocycles. The average molecular weight is 315 g/mol. The van der Waals surface area contributed by atoms with E-state index in [1.807, 2.05) is 30.3 Å². The minimum atomic E-state index is 0.441. The van der Waals surface area contributed by atoms with Gasteiger partial charge in [-0.1, -0.05) is 58.4 Å². The van der Waals surface area contributed by atoms with E-state index in [-0.39, 0.29) is 0 Å². The SMILES string of the molecule is [C-]#[N+]Cc1ccc(CNCc2ccccc2)c(Br)c1. The molecule has 0 aromatic heterocycles. The van der Waals surface area contributed by atoms with E-state index < -0.39 is 0 Å². The van der Waals surface area contributed by atoms with Gasteiger partial charge in [0.05, 0.1) is 0 Å². The Morgan fingerprint density at radius 2 is 1.79 bits per heavy atom. The molecule has 0 amide bonds. The molecule has 1 N–H and O–H groups in total. The maximum absolute atomic E-state index is 6.87. The van der Waals surface area contributed by atoms with E-state index in [0.29, 0.717) is 6.54 Å². The van der Waals surface area contributed by atoms with Crippen molar-refractivity contribution in [2.45, 2.75) is 19.6 Å². The molecule has 0 aliphatic carbocycles. The predicted octanol–water partition coefficient (Wildman–Crippen LogP) is 4.16. The van der Waals surface area contributed by atoms with E-state index in [0.717, 1.165) is 23.1 Å². The summed E-state index contributed by atoms with van der Waals surface area (Å²) in [5, 5.41) is 3.42. The number of rotatable bonds is 5. The summed E-state index contributed by atoms with van der Waals surface area (Å²) in [6.45, 7) is 8.98. The summed E-state index contributed by atoms with van der Waals surface area (Å²) < 4.78 is 1.06. The molecule has 0 bridgehead atoms. The van der Waals surface area contributed by atoms with Crippen LogP contribution in [0.4, 0.5) is 0 Å². The molecule has 2 rings (SSSR count). The van der Waals surface area contributed by atoms with Gasteiger partial charge < -0.3 is 10.2 Å². The predicted molar refractivity (Wildman–Crippen MR) is 81.4 cm³/mol. The Hall–Kier alpha value is -1.63. The van der Waals surface area contributed by atoms with Crippen molar-refractivity contribution in [1.82, 2.24) is 5.32 Å². The van der Waals surface area contributed by atoms with E-state index in [9.17, 15) is 0 Å². The molecule has 0 saturated heterocycles. The van der Waals surface area contributed by atoms with Gasteiger partial charge in [0.2, 0.25) is 6.54 Å². The van der Waals surface area contributed by atoms with Gasteiger partial charge in [-0.15, -0.1) is 0 Å². The van der Waals surface area contributed by atoms with Gasteiger partial charge in [0, 0.05) is 23.1 Å². The lowest BCUT2D eigenvalue weighted by Crippen LogP contribution is -2.13. The second-order valence-corrected chi connectivity index (χ2v) is 5.19. The molecule has 0 atom stereocenters. The van der Waals surface area contributed by atoms with Crippen molar-refractivity contribution in [3.8, 4) is 0 Å². The highest BCUT2D eigenvalue weighted by Crippen LogP contribution is 2.19. The van der Waals surface area contributed by atoms with Gasteiger partial charge in [-0.2, -0.15) is 0 Å². The van der Waals surface area contributed by atoms with Crippen LogP contribution in [0.2, 0.25) is 0 Å². The Kier molecular flexibility index (Phi) is 5.14. The largest absolute Gasteiger partial charge is 0.312 e. The van der Waals surface area contributed by atoms with Crippen LogP contribution in [0, 0.1) is 6.57 Å². The van der Waals surface area contributed by atoms with Gasteiger partial charge >= 0.3 is 0 Å². The number of halogens is 1. The molecular weight excluding hydrogens is 300 g/mol. The van der Waals surface area contributed by atoms with Crippen molar-refractivity contribution >= 4 is 15.9 Å². The lowest BCUT2D eigenvalue weighted by atomic mass is 10.1. The van der Waals surface area contributed by atoms with Crippen molar-refractivity contribution < 1.29 is 0 Å². The van der Waals surface area contributed by atoms with Crippen LogP contribution in [-0.2, 0) is 19.6 Å². The van der Waals surface area contributed by atoms with E-state index in [2.05, 4.69) is 44.3 Å². The quantitative estimate of drug-likeness (QED) is 0.820. The van der Waals surface area contributed by atoms with Crippen LogP contribution >= 0.6 is 15.9 Å². The second kappa shape index (κ2) is 7.08. The number of hydrogen-bond acceptors (Lipinski definition) is 1. The van der Waals surface area contributed by atoms with Crippen LogP contribution in [-0.4, -0.2) is 0 Å². The van der Waals surface area contributed by atoms with Gasteiger partial charge in [-0.05, 0) is 17.2 Å². The zero-order valence-corrected chi connectivity index (χ0v) is 12.2. The molecule has 96 valence electrons. The number of nitrogens with zero attached hydrogens (tertiary/aromatic N) is 1. The molecule has 0 spiro atoms. The summed E-state index contributed by atoms with van der Waals surface area (Å²) in [7, 11) is 0. The minimum absolute atomic E-state index is 0.441. The molecule has 2 aromatic rings. The van der Waals surface area contributed by atoms with Gasteiger partial charge in [-0.3, -0.25) is 0 Å². The Morgan fingerprint density at radius 1 is 1.00 bits per heavy atom. The molecule has 0 fully saturated rings. The van der Waals surface area contributed by atoms with Crippen LogP contribution in [0.5, 0.6) is 0 Å². The van der Waals surface area contributed by atoms with Gasteiger partial charge in [0.15, 0.2) is 0 Å². The average Bonchev–Trinajstić information content (AvgIpc) is 2.43.